The zero-order chi connectivity index (χ0) is 14.0. The Hall–Kier alpha value is -1.96. The molecule has 0 fully saturated rings. The maximum absolute atomic E-state index is 6.01. The van der Waals surface area contributed by atoms with E-state index >= 15 is 0 Å². The predicted molar refractivity (Wildman–Crippen MR) is 80.6 cm³/mol. The molecule has 2 aromatic carbocycles. The highest BCUT2D eigenvalue weighted by atomic mass is 16.5. The summed E-state index contributed by atoms with van der Waals surface area (Å²) in [6, 6.07) is 10.2. The lowest BCUT2D eigenvalue weighted by Crippen LogP contribution is -2.03. The van der Waals surface area contributed by atoms with E-state index in [4.69, 9.17) is 10.5 Å². The first kappa shape index (κ1) is 13.5. The summed E-state index contributed by atoms with van der Waals surface area (Å²) in [5.41, 5.74) is 12.6. The summed E-state index contributed by atoms with van der Waals surface area (Å²) >= 11 is 0. The van der Waals surface area contributed by atoms with E-state index in [1.807, 2.05) is 26.0 Å². The molecule has 2 aromatic rings. The van der Waals surface area contributed by atoms with E-state index in [1.54, 1.807) is 0 Å². The van der Waals surface area contributed by atoms with Crippen molar-refractivity contribution in [2.24, 2.45) is 0 Å². The van der Waals surface area contributed by atoms with Gasteiger partial charge < -0.3 is 10.5 Å². The SMILES string of the molecule is Cc1cccc(C)c1COc1c(C)cc(N)cc1C. The fraction of sp³-hybridized carbons (Fsp3) is 0.294. The van der Waals surface area contributed by atoms with Crippen LogP contribution in [0.25, 0.3) is 0 Å². The average Bonchev–Trinajstić information content (AvgIpc) is 2.31. The number of anilines is 1. The molecule has 0 saturated heterocycles. The first-order chi connectivity index (χ1) is 8.99. The van der Waals surface area contributed by atoms with Crippen LogP contribution in [0.1, 0.15) is 27.8 Å². The number of hydrogen-bond donors (Lipinski definition) is 1. The van der Waals surface area contributed by atoms with Gasteiger partial charge in [-0.2, -0.15) is 0 Å². The van der Waals surface area contributed by atoms with Gasteiger partial charge >= 0.3 is 0 Å². The monoisotopic (exact) mass is 255 g/mol. The van der Waals surface area contributed by atoms with Crippen LogP contribution in [0, 0.1) is 27.7 Å². The molecule has 0 amide bonds. The molecule has 0 radical (unpaired) electrons. The van der Waals surface area contributed by atoms with Crippen LogP contribution in [0.3, 0.4) is 0 Å². The summed E-state index contributed by atoms with van der Waals surface area (Å²) in [7, 11) is 0. The van der Waals surface area contributed by atoms with Crippen molar-refractivity contribution in [3.8, 4) is 5.75 Å². The zero-order valence-corrected chi connectivity index (χ0v) is 12.1. The smallest absolute Gasteiger partial charge is 0.125 e. The molecule has 2 nitrogen and oxygen atoms in total. The number of rotatable bonds is 3. The van der Waals surface area contributed by atoms with E-state index in [1.165, 1.54) is 16.7 Å². The second-order valence-corrected chi connectivity index (χ2v) is 5.14. The molecular formula is C17H21NO. The van der Waals surface area contributed by atoms with E-state index in [0.29, 0.717) is 6.61 Å². The van der Waals surface area contributed by atoms with Gasteiger partial charge in [0.05, 0.1) is 0 Å². The summed E-state index contributed by atoms with van der Waals surface area (Å²) in [5.74, 6) is 0.942. The van der Waals surface area contributed by atoms with Gasteiger partial charge in [-0.05, 0) is 67.6 Å². The Morgan fingerprint density at radius 1 is 0.895 bits per heavy atom. The third-order valence-electron chi connectivity index (χ3n) is 3.49. The Labute approximate surface area is 115 Å². The molecule has 0 saturated carbocycles. The van der Waals surface area contributed by atoms with Crippen molar-refractivity contribution in [3.63, 3.8) is 0 Å². The normalized spacial score (nSPS) is 10.5. The number of nitrogen functional groups attached to an aromatic ring is 1. The Bertz CT molecular complexity index is 559. The summed E-state index contributed by atoms with van der Waals surface area (Å²) in [4.78, 5) is 0. The zero-order valence-electron chi connectivity index (χ0n) is 12.1. The number of benzene rings is 2. The topological polar surface area (TPSA) is 35.2 Å². The first-order valence-electron chi connectivity index (χ1n) is 6.53. The van der Waals surface area contributed by atoms with Crippen LogP contribution in [0.15, 0.2) is 30.3 Å². The maximum atomic E-state index is 6.01. The van der Waals surface area contributed by atoms with Crippen molar-refractivity contribution >= 4 is 5.69 Å². The molecular weight excluding hydrogens is 234 g/mol. The molecule has 0 atom stereocenters. The van der Waals surface area contributed by atoms with Gasteiger partial charge in [0.25, 0.3) is 0 Å². The van der Waals surface area contributed by atoms with Gasteiger partial charge in [0.1, 0.15) is 12.4 Å². The van der Waals surface area contributed by atoms with Gasteiger partial charge in [-0.3, -0.25) is 0 Å². The van der Waals surface area contributed by atoms with Crippen LogP contribution in [0.4, 0.5) is 5.69 Å². The summed E-state index contributed by atoms with van der Waals surface area (Å²) < 4.78 is 6.01. The molecule has 0 aliphatic carbocycles. The highest BCUT2D eigenvalue weighted by Gasteiger charge is 2.08. The number of aryl methyl sites for hydroxylation is 4. The van der Waals surface area contributed by atoms with Crippen LogP contribution in [-0.4, -0.2) is 0 Å². The molecule has 100 valence electrons. The fourth-order valence-corrected chi connectivity index (χ4v) is 2.43. The molecule has 0 bridgehead atoms. The van der Waals surface area contributed by atoms with Gasteiger partial charge in [0.2, 0.25) is 0 Å². The van der Waals surface area contributed by atoms with Gasteiger partial charge in [0.15, 0.2) is 0 Å². The number of hydrogen-bond acceptors (Lipinski definition) is 2. The van der Waals surface area contributed by atoms with Crippen LogP contribution in [0.5, 0.6) is 5.75 Å². The Morgan fingerprint density at radius 2 is 1.42 bits per heavy atom. The summed E-state index contributed by atoms with van der Waals surface area (Å²) in [5, 5.41) is 0. The number of nitrogens with two attached hydrogens (primary N) is 1. The summed E-state index contributed by atoms with van der Waals surface area (Å²) in [6.07, 6.45) is 0. The third-order valence-corrected chi connectivity index (χ3v) is 3.49. The Morgan fingerprint density at radius 3 is 1.95 bits per heavy atom. The maximum Gasteiger partial charge on any atom is 0.125 e. The van der Waals surface area contributed by atoms with Gasteiger partial charge in [0, 0.05) is 5.69 Å². The van der Waals surface area contributed by atoms with Crippen LogP contribution >= 0.6 is 0 Å². The quantitative estimate of drug-likeness (QED) is 0.839. The predicted octanol–water partition coefficient (Wildman–Crippen LogP) is 4.08. The minimum atomic E-state index is 0.601. The highest BCUT2D eigenvalue weighted by Crippen LogP contribution is 2.27. The van der Waals surface area contributed by atoms with Crippen molar-refractivity contribution in [2.45, 2.75) is 34.3 Å². The fourth-order valence-electron chi connectivity index (χ4n) is 2.43. The molecule has 0 heterocycles. The van der Waals surface area contributed by atoms with E-state index < -0.39 is 0 Å². The molecule has 0 aliphatic rings. The molecule has 19 heavy (non-hydrogen) atoms. The van der Waals surface area contributed by atoms with E-state index in [9.17, 15) is 0 Å². The van der Waals surface area contributed by atoms with Gasteiger partial charge in [-0.25, -0.2) is 0 Å². The Kier molecular flexibility index (Phi) is 3.79. The Balaban J connectivity index is 2.24. The minimum Gasteiger partial charge on any atom is -0.488 e. The average molecular weight is 255 g/mol. The first-order valence-corrected chi connectivity index (χ1v) is 6.53. The van der Waals surface area contributed by atoms with E-state index in [0.717, 1.165) is 22.6 Å². The molecule has 2 rings (SSSR count). The second kappa shape index (κ2) is 5.35. The standard InChI is InChI=1S/C17H21NO/c1-11-6-5-7-12(2)16(11)10-19-17-13(3)8-15(18)9-14(17)4/h5-9H,10,18H2,1-4H3. The van der Waals surface area contributed by atoms with E-state index in [2.05, 4.69) is 32.0 Å². The van der Waals surface area contributed by atoms with Crippen LogP contribution in [0.2, 0.25) is 0 Å². The lowest BCUT2D eigenvalue weighted by molar-refractivity contribution is 0.300. The molecule has 0 spiro atoms. The lowest BCUT2D eigenvalue weighted by Gasteiger charge is -2.15. The molecule has 0 aliphatic heterocycles. The third kappa shape index (κ3) is 2.90. The molecule has 2 N–H and O–H groups in total. The minimum absolute atomic E-state index is 0.601. The van der Waals surface area contributed by atoms with Crippen LogP contribution < -0.4 is 10.5 Å². The van der Waals surface area contributed by atoms with E-state index in [-0.39, 0.29) is 0 Å². The summed E-state index contributed by atoms with van der Waals surface area (Å²) in [6.45, 7) is 8.90. The highest BCUT2D eigenvalue weighted by molar-refractivity contribution is 5.52. The molecule has 0 aromatic heterocycles. The van der Waals surface area contributed by atoms with Crippen molar-refractivity contribution in [1.82, 2.24) is 0 Å². The largest absolute Gasteiger partial charge is 0.488 e. The number of ether oxygens (including phenoxy) is 1. The van der Waals surface area contributed by atoms with Crippen LogP contribution in [-0.2, 0) is 6.61 Å². The second-order valence-electron chi connectivity index (χ2n) is 5.14. The molecule has 0 unspecified atom stereocenters. The molecule has 2 heteroatoms. The van der Waals surface area contributed by atoms with Crippen molar-refractivity contribution in [2.75, 3.05) is 5.73 Å². The van der Waals surface area contributed by atoms with Crippen molar-refractivity contribution < 1.29 is 4.74 Å². The van der Waals surface area contributed by atoms with Crippen molar-refractivity contribution in [3.05, 3.63) is 58.1 Å². The van der Waals surface area contributed by atoms with Gasteiger partial charge in [-0.1, -0.05) is 18.2 Å². The van der Waals surface area contributed by atoms with Crippen molar-refractivity contribution in [1.29, 1.82) is 0 Å². The lowest BCUT2D eigenvalue weighted by atomic mass is 10.0. The van der Waals surface area contributed by atoms with Gasteiger partial charge in [-0.15, -0.1) is 0 Å².